The first-order valence-corrected chi connectivity index (χ1v) is 5.86. The topological polar surface area (TPSA) is 79.9 Å². The number of carbonyl (C=O) groups excluding carboxylic acids is 1. The molecular formula is C13H16N4O2. The van der Waals surface area contributed by atoms with Gasteiger partial charge in [0.15, 0.2) is 0 Å². The van der Waals surface area contributed by atoms with Crippen LogP contribution in [0, 0.1) is 0 Å². The van der Waals surface area contributed by atoms with Gasteiger partial charge < -0.3 is 4.74 Å². The minimum absolute atomic E-state index is 0.186. The third-order valence-corrected chi connectivity index (χ3v) is 2.99. The Morgan fingerprint density at radius 2 is 2.11 bits per heavy atom. The van der Waals surface area contributed by atoms with Crippen LogP contribution in [-0.4, -0.2) is 28.2 Å². The second kappa shape index (κ2) is 5.09. The molecule has 0 saturated carbocycles. The maximum absolute atomic E-state index is 12.3. The van der Waals surface area contributed by atoms with Crippen LogP contribution in [0.25, 0.3) is 0 Å². The largest absolute Gasteiger partial charge is 0.496 e. The van der Waals surface area contributed by atoms with Crippen LogP contribution in [-0.2, 0) is 10.2 Å². The van der Waals surface area contributed by atoms with E-state index < -0.39 is 5.41 Å². The zero-order chi connectivity index (χ0) is 13.9. The van der Waals surface area contributed by atoms with Crippen molar-refractivity contribution in [3.05, 3.63) is 36.2 Å². The van der Waals surface area contributed by atoms with Gasteiger partial charge in [0.25, 0.3) is 0 Å². The number of nitrogens with zero attached hydrogens (tertiary/aromatic N) is 2. The first-order valence-electron chi connectivity index (χ1n) is 5.86. The van der Waals surface area contributed by atoms with Crippen molar-refractivity contribution in [2.24, 2.45) is 0 Å². The van der Waals surface area contributed by atoms with E-state index in [1.54, 1.807) is 7.11 Å². The van der Waals surface area contributed by atoms with Gasteiger partial charge in [-0.2, -0.15) is 10.1 Å². The molecule has 2 aromatic rings. The highest BCUT2D eigenvalue weighted by Crippen LogP contribution is 2.32. The highest BCUT2D eigenvalue weighted by atomic mass is 16.5. The van der Waals surface area contributed by atoms with Gasteiger partial charge in [-0.3, -0.25) is 10.1 Å². The molecule has 0 fully saturated rings. The van der Waals surface area contributed by atoms with Crippen molar-refractivity contribution in [3.8, 4) is 5.75 Å². The first-order chi connectivity index (χ1) is 9.05. The lowest BCUT2D eigenvalue weighted by Crippen LogP contribution is -2.35. The summed E-state index contributed by atoms with van der Waals surface area (Å²) in [5, 5.41) is 8.97. The Bertz CT molecular complexity index is 564. The Balaban J connectivity index is 2.28. The average Bonchev–Trinajstić information content (AvgIpc) is 2.91. The Hall–Kier alpha value is -2.37. The molecule has 0 atom stereocenters. The summed E-state index contributed by atoms with van der Waals surface area (Å²) in [6.45, 7) is 3.66. The van der Waals surface area contributed by atoms with Crippen molar-refractivity contribution >= 4 is 11.9 Å². The molecule has 0 spiro atoms. The third-order valence-electron chi connectivity index (χ3n) is 2.99. The summed E-state index contributed by atoms with van der Waals surface area (Å²) in [6.07, 6.45) is 1.34. The van der Waals surface area contributed by atoms with Crippen LogP contribution >= 0.6 is 0 Å². The number of para-hydroxylation sites is 1. The van der Waals surface area contributed by atoms with E-state index in [9.17, 15) is 4.79 Å². The monoisotopic (exact) mass is 260 g/mol. The Morgan fingerprint density at radius 1 is 1.37 bits per heavy atom. The van der Waals surface area contributed by atoms with Crippen LogP contribution in [0.5, 0.6) is 5.75 Å². The lowest BCUT2D eigenvalue weighted by atomic mass is 9.83. The number of anilines is 1. The van der Waals surface area contributed by atoms with E-state index >= 15 is 0 Å². The zero-order valence-corrected chi connectivity index (χ0v) is 11.1. The minimum atomic E-state index is -0.751. The Morgan fingerprint density at radius 3 is 2.74 bits per heavy atom. The normalized spacial score (nSPS) is 11.1. The molecule has 6 heteroatoms. The van der Waals surface area contributed by atoms with Gasteiger partial charge in [-0.05, 0) is 19.9 Å². The summed E-state index contributed by atoms with van der Waals surface area (Å²) in [5.41, 5.74) is 0.0638. The zero-order valence-electron chi connectivity index (χ0n) is 11.1. The number of benzene rings is 1. The van der Waals surface area contributed by atoms with E-state index in [1.807, 2.05) is 38.1 Å². The smallest absolute Gasteiger partial charge is 0.236 e. The number of amides is 1. The van der Waals surface area contributed by atoms with Gasteiger partial charge in [0.05, 0.1) is 12.5 Å². The van der Waals surface area contributed by atoms with Crippen molar-refractivity contribution in [1.82, 2.24) is 15.2 Å². The highest BCUT2D eigenvalue weighted by molar-refractivity contribution is 5.97. The van der Waals surface area contributed by atoms with Crippen molar-refractivity contribution in [3.63, 3.8) is 0 Å². The molecule has 0 radical (unpaired) electrons. The van der Waals surface area contributed by atoms with Crippen LogP contribution in [0.4, 0.5) is 5.95 Å². The fraction of sp³-hybridized carbons (Fsp3) is 0.308. The number of ether oxygens (including phenoxy) is 1. The highest BCUT2D eigenvalue weighted by Gasteiger charge is 2.32. The molecule has 2 rings (SSSR count). The number of aromatic nitrogens is 3. The molecule has 2 N–H and O–H groups in total. The number of nitrogens with one attached hydrogen (secondary N) is 2. The summed E-state index contributed by atoms with van der Waals surface area (Å²) in [5.74, 6) is 0.821. The third kappa shape index (κ3) is 2.57. The van der Waals surface area contributed by atoms with Crippen LogP contribution in [0.3, 0.4) is 0 Å². The van der Waals surface area contributed by atoms with Crippen molar-refractivity contribution in [2.45, 2.75) is 19.3 Å². The second-order valence-electron chi connectivity index (χ2n) is 4.61. The fourth-order valence-corrected chi connectivity index (χ4v) is 1.81. The molecule has 1 aromatic heterocycles. The SMILES string of the molecule is COc1ccccc1C(C)(C)C(=O)Nc1ncn[nH]1. The van der Waals surface area contributed by atoms with Crippen LogP contribution in [0.15, 0.2) is 30.6 Å². The van der Waals surface area contributed by atoms with Gasteiger partial charge in [-0.1, -0.05) is 18.2 Å². The van der Waals surface area contributed by atoms with Gasteiger partial charge in [0.2, 0.25) is 11.9 Å². The number of hydrogen-bond acceptors (Lipinski definition) is 4. The summed E-state index contributed by atoms with van der Waals surface area (Å²) in [6, 6.07) is 7.45. The molecule has 0 bridgehead atoms. The number of H-pyrrole nitrogens is 1. The lowest BCUT2D eigenvalue weighted by Gasteiger charge is -2.25. The molecule has 1 heterocycles. The van der Waals surface area contributed by atoms with Gasteiger partial charge in [-0.15, -0.1) is 0 Å². The van der Waals surface area contributed by atoms with Crippen LogP contribution < -0.4 is 10.1 Å². The van der Waals surface area contributed by atoms with Crippen molar-refractivity contribution < 1.29 is 9.53 Å². The predicted octanol–water partition coefficient (Wildman–Crippen LogP) is 1.73. The van der Waals surface area contributed by atoms with Crippen LogP contribution in [0.2, 0.25) is 0 Å². The first kappa shape index (κ1) is 13.1. The number of rotatable bonds is 4. The van der Waals surface area contributed by atoms with Crippen molar-refractivity contribution in [1.29, 1.82) is 0 Å². The van der Waals surface area contributed by atoms with Gasteiger partial charge in [0.1, 0.15) is 12.1 Å². The van der Waals surface area contributed by atoms with E-state index in [1.165, 1.54) is 6.33 Å². The molecule has 0 aliphatic carbocycles. The predicted molar refractivity (Wildman–Crippen MR) is 71.0 cm³/mol. The molecule has 0 aliphatic rings. The quantitative estimate of drug-likeness (QED) is 0.877. The molecular weight excluding hydrogens is 244 g/mol. The number of aromatic amines is 1. The lowest BCUT2D eigenvalue weighted by molar-refractivity contribution is -0.120. The van der Waals surface area contributed by atoms with Gasteiger partial charge >= 0.3 is 0 Å². The molecule has 1 aromatic carbocycles. The number of methoxy groups -OCH3 is 1. The maximum Gasteiger partial charge on any atom is 0.236 e. The van der Waals surface area contributed by atoms with Crippen LogP contribution in [0.1, 0.15) is 19.4 Å². The van der Waals surface area contributed by atoms with E-state index in [0.29, 0.717) is 11.7 Å². The van der Waals surface area contributed by atoms with Crippen molar-refractivity contribution in [2.75, 3.05) is 12.4 Å². The standard InChI is InChI=1S/C13H16N4O2/c1-13(2,9-6-4-5-7-10(9)19-3)11(18)16-12-14-8-15-17-12/h4-8H,1-3H3,(H2,14,15,16,17,18). The summed E-state index contributed by atoms with van der Waals surface area (Å²) in [7, 11) is 1.59. The van der Waals surface area contributed by atoms with E-state index in [4.69, 9.17) is 4.74 Å². The average molecular weight is 260 g/mol. The molecule has 0 saturated heterocycles. The minimum Gasteiger partial charge on any atom is -0.496 e. The summed E-state index contributed by atoms with van der Waals surface area (Å²) in [4.78, 5) is 16.2. The Kier molecular flexibility index (Phi) is 3.50. The maximum atomic E-state index is 12.3. The molecule has 0 aliphatic heterocycles. The Labute approximate surface area is 111 Å². The number of hydrogen-bond donors (Lipinski definition) is 2. The fourth-order valence-electron chi connectivity index (χ4n) is 1.81. The van der Waals surface area contributed by atoms with Gasteiger partial charge in [0, 0.05) is 5.56 Å². The summed E-state index contributed by atoms with van der Waals surface area (Å²) >= 11 is 0. The molecule has 0 unspecified atom stereocenters. The van der Waals surface area contributed by atoms with E-state index in [-0.39, 0.29) is 5.91 Å². The summed E-state index contributed by atoms with van der Waals surface area (Å²) < 4.78 is 5.30. The molecule has 1 amide bonds. The molecule has 19 heavy (non-hydrogen) atoms. The van der Waals surface area contributed by atoms with E-state index in [2.05, 4.69) is 20.5 Å². The number of carbonyl (C=O) groups is 1. The molecule has 100 valence electrons. The second-order valence-corrected chi connectivity index (χ2v) is 4.61. The molecule has 6 nitrogen and oxygen atoms in total. The van der Waals surface area contributed by atoms with Gasteiger partial charge in [-0.25, -0.2) is 5.10 Å². The van der Waals surface area contributed by atoms with E-state index in [0.717, 1.165) is 5.56 Å².